The average molecular weight is 329 g/mol. The number of hydrogen-bond donors (Lipinski definition) is 4. The van der Waals surface area contributed by atoms with Crippen molar-refractivity contribution < 1.29 is 47.3 Å². The van der Waals surface area contributed by atoms with Gasteiger partial charge in [-0.25, -0.2) is 8.98 Å². The van der Waals surface area contributed by atoms with E-state index in [1.807, 2.05) is 0 Å². The first-order valence-corrected chi connectivity index (χ1v) is 7.18. The Morgan fingerprint density at radius 1 is 1.38 bits per heavy atom. The summed E-state index contributed by atoms with van der Waals surface area (Å²) in [5, 5.41) is 38.6. The quantitative estimate of drug-likeness (QED) is 0.379. The molecule has 11 nitrogen and oxygen atoms in total. The molecule has 122 valence electrons. The predicted molar refractivity (Wildman–Crippen MR) is 61.8 cm³/mol. The number of nitrogens with zero attached hydrogens (tertiary/aromatic N) is 1. The van der Waals surface area contributed by atoms with Crippen molar-refractivity contribution >= 4 is 16.4 Å². The lowest BCUT2D eigenvalue weighted by atomic mass is 9.91. The lowest BCUT2D eigenvalue weighted by Crippen LogP contribution is -2.71. The maximum atomic E-state index is 11.8. The van der Waals surface area contributed by atoms with E-state index in [1.54, 1.807) is 0 Å². The van der Waals surface area contributed by atoms with E-state index in [0.717, 1.165) is 7.11 Å². The third kappa shape index (κ3) is 2.28. The van der Waals surface area contributed by atoms with Crippen molar-refractivity contribution in [3.8, 4) is 0 Å². The monoisotopic (exact) mass is 329 g/mol. The Labute approximate surface area is 119 Å². The molecule has 0 radical (unpaired) electrons. The van der Waals surface area contributed by atoms with E-state index in [0.29, 0.717) is 0 Å². The molecule has 0 unspecified atom stereocenters. The fourth-order valence-electron chi connectivity index (χ4n) is 2.30. The van der Waals surface area contributed by atoms with Gasteiger partial charge in [0.15, 0.2) is 0 Å². The van der Waals surface area contributed by atoms with Gasteiger partial charge in [-0.2, -0.15) is 8.42 Å². The number of methoxy groups -OCH3 is 1. The Balaban J connectivity index is 2.50. The highest BCUT2D eigenvalue weighted by molar-refractivity contribution is 7.85. The Kier molecular flexibility index (Phi) is 4.14. The molecule has 0 aromatic carbocycles. The second-order valence-electron chi connectivity index (χ2n) is 4.56. The number of aliphatic hydroxyl groups is 4. The van der Waals surface area contributed by atoms with Crippen LogP contribution in [0, 0.1) is 0 Å². The number of hydrogen-bond acceptors (Lipinski definition) is 10. The van der Waals surface area contributed by atoms with Crippen LogP contribution in [0.1, 0.15) is 0 Å². The standard InChI is InChI=1S/C9H15NO10S/c1-18-8(15)10-9(3-19-21(10,16)17)7(14)6(13)5(12)4(2-11)20-9/h4-7,11-14H,2-3H2,1H3/t4-,5-,6+,7-,9+/m1/s1. The van der Waals surface area contributed by atoms with E-state index in [9.17, 15) is 28.5 Å². The van der Waals surface area contributed by atoms with Crippen LogP contribution in [-0.4, -0.2) is 89.7 Å². The van der Waals surface area contributed by atoms with E-state index in [-0.39, 0.29) is 4.31 Å². The van der Waals surface area contributed by atoms with Crippen LogP contribution < -0.4 is 0 Å². The first-order chi connectivity index (χ1) is 9.71. The van der Waals surface area contributed by atoms with E-state index >= 15 is 0 Å². The summed E-state index contributed by atoms with van der Waals surface area (Å²) in [7, 11) is -3.72. The second-order valence-corrected chi connectivity index (χ2v) is 6.02. The summed E-state index contributed by atoms with van der Waals surface area (Å²) in [6.07, 6.45) is -8.41. The number of rotatable bonds is 1. The van der Waals surface area contributed by atoms with Gasteiger partial charge in [0.1, 0.15) is 31.0 Å². The first kappa shape index (κ1) is 16.4. The van der Waals surface area contributed by atoms with Crippen molar-refractivity contribution in [2.45, 2.75) is 30.1 Å². The van der Waals surface area contributed by atoms with Gasteiger partial charge in [0.2, 0.25) is 5.72 Å². The Bertz CT molecular complexity index is 521. The van der Waals surface area contributed by atoms with Crippen LogP contribution in [0.25, 0.3) is 0 Å². The van der Waals surface area contributed by atoms with Gasteiger partial charge in [-0.05, 0) is 0 Å². The van der Waals surface area contributed by atoms with E-state index < -0.39 is 59.8 Å². The maximum absolute atomic E-state index is 11.8. The van der Waals surface area contributed by atoms with Crippen molar-refractivity contribution in [1.29, 1.82) is 0 Å². The Morgan fingerprint density at radius 3 is 2.52 bits per heavy atom. The molecular weight excluding hydrogens is 314 g/mol. The van der Waals surface area contributed by atoms with E-state index in [2.05, 4.69) is 8.92 Å². The molecule has 2 fully saturated rings. The zero-order valence-corrected chi connectivity index (χ0v) is 11.6. The van der Waals surface area contributed by atoms with Crippen LogP contribution in [0.3, 0.4) is 0 Å². The Morgan fingerprint density at radius 2 is 2.00 bits per heavy atom. The van der Waals surface area contributed by atoms with Gasteiger partial charge in [0.05, 0.1) is 13.7 Å². The van der Waals surface area contributed by atoms with E-state index in [1.165, 1.54) is 0 Å². The van der Waals surface area contributed by atoms with Crippen LogP contribution in [-0.2, 0) is 24.0 Å². The zero-order chi connectivity index (χ0) is 16.0. The lowest BCUT2D eigenvalue weighted by molar-refractivity contribution is -0.298. The highest BCUT2D eigenvalue weighted by Gasteiger charge is 2.66. The summed E-state index contributed by atoms with van der Waals surface area (Å²) in [6, 6.07) is 0. The zero-order valence-electron chi connectivity index (χ0n) is 10.8. The fourth-order valence-corrected chi connectivity index (χ4v) is 3.56. The minimum absolute atomic E-state index is 0.00241. The van der Waals surface area contributed by atoms with Gasteiger partial charge in [-0.1, -0.05) is 0 Å². The first-order valence-electron chi connectivity index (χ1n) is 5.82. The summed E-state index contributed by atoms with van der Waals surface area (Å²) >= 11 is 0. The normalized spacial score (nSPS) is 42.2. The summed E-state index contributed by atoms with van der Waals surface area (Å²) in [5.41, 5.74) is -2.34. The van der Waals surface area contributed by atoms with Crippen molar-refractivity contribution in [2.24, 2.45) is 0 Å². The summed E-state index contributed by atoms with van der Waals surface area (Å²) in [6.45, 7) is -1.62. The highest BCUT2D eigenvalue weighted by atomic mass is 32.2. The van der Waals surface area contributed by atoms with Gasteiger partial charge >= 0.3 is 16.4 Å². The number of amides is 1. The number of ether oxygens (including phenoxy) is 2. The number of aliphatic hydroxyl groups excluding tert-OH is 4. The molecule has 0 aromatic heterocycles. The predicted octanol–water partition coefficient (Wildman–Crippen LogP) is -3.50. The lowest BCUT2D eigenvalue weighted by Gasteiger charge is -2.47. The Hall–Kier alpha value is -1.02. The fraction of sp³-hybridized carbons (Fsp3) is 0.889. The highest BCUT2D eigenvalue weighted by Crippen LogP contribution is 2.40. The van der Waals surface area contributed by atoms with Crippen LogP contribution >= 0.6 is 0 Å². The van der Waals surface area contributed by atoms with Crippen molar-refractivity contribution in [3.05, 3.63) is 0 Å². The van der Waals surface area contributed by atoms with Crippen LogP contribution in [0.5, 0.6) is 0 Å². The van der Waals surface area contributed by atoms with Crippen molar-refractivity contribution in [3.63, 3.8) is 0 Å². The summed E-state index contributed by atoms with van der Waals surface area (Å²) in [5.74, 6) is 0. The van der Waals surface area contributed by atoms with Crippen molar-refractivity contribution in [1.82, 2.24) is 4.31 Å². The van der Waals surface area contributed by atoms with Gasteiger partial charge in [0.25, 0.3) is 0 Å². The molecule has 2 rings (SSSR count). The third-order valence-corrected chi connectivity index (χ3v) is 4.70. The van der Waals surface area contributed by atoms with Gasteiger partial charge in [-0.15, -0.1) is 4.31 Å². The minimum Gasteiger partial charge on any atom is -0.452 e. The van der Waals surface area contributed by atoms with E-state index in [4.69, 9.17) is 9.84 Å². The summed E-state index contributed by atoms with van der Waals surface area (Å²) < 4.78 is 37.5. The second kappa shape index (κ2) is 5.31. The molecule has 0 aliphatic carbocycles. The van der Waals surface area contributed by atoms with Crippen molar-refractivity contribution in [2.75, 3.05) is 20.3 Å². The molecule has 1 amide bonds. The van der Waals surface area contributed by atoms with Gasteiger partial charge < -0.3 is 29.9 Å². The molecule has 0 saturated carbocycles. The summed E-state index contributed by atoms with van der Waals surface area (Å²) in [4.78, 5) is 11.7. The molecule has 2 aliphatic heterocycles. The minimum atomic E-state index is -4.61. The molecular formula is C9H15NO10S. The molecule has 1 spiro atoms. The topological polar surface area (TPSA) is 163 Å². The third-order valence-electron chi connectivity index (χ3n) is 3.37. The largest absolute Gasteiger partial charge is 0.452 e. The van der Waals surface area contributed by atoms with Crippen LogP contribution in [0.4, 0.5) is 4.79 Å². The molecule has 0 bridgehead atoms. The average Bonchev–Trinajstić information content (AvgIpc) is 2.72. The molecule has 2 aliphatic rings. The van der Waals surface area contributed by atoms with Crippen LogP contribution in [0.15, 0.2) is 0 Å². The molecule has 4 N–H and O–H groups in total. The van der Waals surface area contributed by atoms with Crippen LogP contribution in [0.2, 0.25) is 0 Å². The number of carbonyl (C=O) groups is 1. The maximum Gasteiger partial charge on any atom is 0.427 e. The number of carbonyl (C=O) groups excluding carboxylic acids is 1. The SMILES string of the molecule is COC(=O)N1[C@@]2(COS1(=O)=O)O[C@H](CO)[C@@H](O)[C@H](O)[C@H]2O. The molecule has 12 heteroatoms. The smallest absolute Gasteiger partial charge is 0.427 e. The molecule has 5 atom stereocenters. The molecule has 21 heavy (non-hydrogen) atoms. The van der Waals surface area contributed by atoms with Gasteiger partial charge in [0, 0.05) is 0 Å². The van der Waals surface area contributed by atoms with Gasteiger partial charge in [-0.3, -0.25) is 0 Å². The molecule has 2 saturated heterocycles. The molecule has 0 aromatic rings. The molecule has 2 heterocycles.